The molecule has 1 aliphatic heterocycles. The van der Waals surface area contributed by atoms with Crippen LogP contribution in [-0.4, -0.2) is 29.9 Å². The lowest BCUT2D eigenvalue weighted by molar-refractivity contribution is -0.130. The van der Waals surface area contributed by atoms with Crippen molar-refractivity contribution in [3.63, 3.8) is 0 Å². The van der Waals surface area contributed by atoms with Crippen molar-refractivity contribution in [1.29, 1.82) is 0 Å². The van der Waals surface area contributed by atoms with Gasteiger partial charge < -0.3 is 10.6 Å². The molecule has 2 fully saturated rings. The molecule has 3 rings (SSSR count). The predicted molar refractivity (Wildman–Crippen MR) is 76.2 cm³/mol. The Balaban J connectivity index is 1.62. The van der Waals surface area contributed by atoms with Gasteiger partial charge in [0.15, 0.2) is 6.04 Å². The van der Waals surface area contributed by atoms with Gasteiger partial charge in [0.25, 0.3) is 11.8 Å². The van der Waals surface area contributed by atoms with Gasteiger partial charge in [0.05, 0.1) is 0 Å². The zero-order valence-electron chi connectivity index (χ0n) is 10.7. The second-order valence-corrected chi connectivity index (χ2v) is 5.93. The fourth-order valence-corrected chi connectivity index (χ4v) is 2.92. The van der Waals surface area contributed by atoms with Crippen LogP contribution in [0.2, 0.25) is 10.0 Å². The van der Waals surface area contributed by atoms with Crippen LogP contribution in [0.5, 0.6) is 0 Å². The first-order chi connectivity index (χ1) is 9.94. The van der Waals surface area contributed by atoms with E-state index in [1.54, 1.807) is 18.2 Å². The first-order valence-electron chi connectivity index (χ1n) is 6.32. The number of carbonyl (C=O) groups is 3. The van der Waals surface area contributed by atoms with E-state index in [1.807, 2.05) is 5.32 Å². The van der Waals surface area contributed by atoms with Gasteiger partial charge in [0.2, 0.25) is 0 Å². The van der Waals surface area contributed by atoms with Crippen LogP contribution < -0.4 is 16.0 Å². The van der Waals surface area contributed by atoms with Gasteiger partial charge in [-0.25, -0.2) is 4.79 Å². The van der Waals surface area contributed by atoms with E-state index in [2.05, 4.69) is 10.6 Å². The molecule has 8 heteroatoms. The smallest absolute Gasteiger partial charge is 0.322 e. The summed E-state index contributed by atoms with van der Waals surface area (Å²) in [5.41, 5.74) is 0.942. The molecule has 1 saturated heterocycles. The van der Waals surface area contributed by atoms with Gasteiger partial charge in [-0.15, -0.1) is 0 Å². The first kappa shape index (κ1) is 14.2. The highest BCUT2D eigenvalue weighted by atomic mass is 35.5. The first-order valence-corrected chi connectivity index (χ1v) is 7.07. The van der Waals surface area contributed by atoms with Crippen LogP contribution >= 0.6 is 23.2 Å². The number of hydrogen-bond acceptors (Lipinski definition) is 3. The summed E-state index contributed by atoms with van der Waals surface area (Å²) >= 11 is 11.9. The van der Waals surface area contributed by atoms with Crippen molar-refractivity contribution in [1.82, 2.24) is 16.0 Å². The number of carbonyl (C=O) groups excluding carboxylic acids is 3. The summed E-state index contributed by atoms with van der Waals surface area (Å²) in [7, 11) is 0. The third-order valence-electron chi connectivity index (χ3n) is 3.47. The predicted octanol–water partition coefficient (Wildman–Crippen LogP) is 1.17. The number of imide groups is 1. The fraction of sp³-hybridized carbons (Fsp3) is 0.308. The van der Waals surface area contributed by atoms with Gasteiger partial charge in [0.1, 0.15) is 0 Å². The molecular formula is C13H11Cl2N3O3. The fourth-order valence-electron chi connectivity index (χ4n) is 2.38. The Morgan fingerprint density at radius 3 is 2.43 bits per heavy atom. The molecule has 0 bridgehead atoms. The maximum absolute atomic E-state index is 11.9. The van der Waals surface area contributed by atoms with Crippen molar-refractivity contribution in [3.8, 4) is 0 Å². The average Bonchev–Trinajstić information content (AvgIpc) is 3.05. The molecule has 110 valence electrons. The van der Waals surface area contributed by atoms with E-state index in [9.17, 15) is 14.4 Å². The Morgan fingerprint density at radius 2 is 1.86 bits per heavy atom. The Labute approximate surface area is 130 Å². The second kappa shape index (κ2) is 5.20. The van der Waals surface area contributed by atoms with Crippen molar-refractivity contribution >= 4 is 41.0 Å². The van der Waals surface area contributed by atoms with E-state index >= 15 is 0 Å². The van der Waals surface area contributed by atoms with Gasteiger partial charge in [-0.3, -0.25) is 14.9 Å². The van der Waals surface area contributed by atoms with E-state index < -0.39 is 23.9 Å². The number of benzene rings is 1. The SMILES string of the molecule is O=C1NC(=O)C(C(=O)NC2CC2c2cc(Cl)cc(Cl)c2)N1. The zero-order valence-corrected chi connectivity index (χ0v) is 12.2. The Hall–Kier alpha value is -1.79. The van der Waals surface area contributed by atoms with Crippen molar-refractivity contribution < 1.29 is 14.4 Å². The minimum atomic E-state index is -1.17. The van der Waals surface area contributed by atoms with Crippen molar-refractivity contribution in [2.75, 3.05) is 0 Å². The van der Waals surface area contributed by atoms with Crippen LogP contribution in [0.3, 0.4) is 0 Å². The van der Waals surface area contributed by atoms with Crippen molar-refractivity contribution in [2.45, 2.75) is 24.4 Å². The molecule has 1 heterocycles. The van der Waals surface area contributed by atoms with E-state index in [4.69, 9.17) is 23.2 Å². The van der Waals surface area contributed by atoms with Gasteiger partial charge in [-0.2, -0.15) is 0 Å². The zero-order chi connectivity index (χ0) is 15.1. The number of hydrogen-bond donors (Lipinski definition) is 3. The highest BCUT2D eigenvalue weighted by Gasteiger charge is 2.43. The van der Waals surface area contributed by atoms with Gasteiger partial charge in [0, 0.05) is 22.0 Å². The van der Waals surface area contributed by atoms with E-state index in [0.29, 0.717) is 10.0 Å². The standard InChI is InChI=1S/C13H11Cl2N3O3/c14-6-1-5(2-7(15)3-6)8-4-9(8)16-11(19)10-12(20)18-13(21)17-10/h1-3,8-10H,4H2,(H,16,19)(H2,17,18,20,21). The molecule has 0 spiro atoms. The third kappa shape index (κ3) is 2.96. The minimum Gasteiger partial charge on any atom is -0.350 e. The summed E-state index contributed by atoms with van der Waals surface area (Å²) in [6.45, 7) is 0. The maximum atomic E-state index is 11.9. The average molecular weight is 328 g/mol. The number of amides is 4. The summed E-state index contributed by atoms with van der Waals surface area (Å²) in [4.78, 5) is 34.3. The summed E-state index contributed by atoms with van der Waals surface area (Å²) in [6.07, 6.45) is 0.741. The minimum absolute atomic E-state index is 0.0858. The molecule has 0 aromatic heterocycles. The molecule has 1 aromatic rings. The molecule has 3 atom stereocenters. The van der Waals surface area contributed by atoms with Crippen LogP contribution in [0.1, 0.15) is 17.9 Å². The van der Waals surface area contributed by atoms with Crippen LogP contribution in [0, 0.1) is 0 Å². The van der Waals surface area contributed by atoms with Crippen LogP contribution in [0.25, 0.3) is 0 Å². The van der Waals surface area contributed by atoms with Gasteiger partial charge in [-0.1, -0.05) is 23.2 Å². The van der Waals surface area contributed by atoms with Crippen LogP contribution in [-0.2, 0) is 9.59 Å². The summed E-state index contributed by atoms with van der Waals surface area (Å²) in [6, 6.07) is 3.33. The number of halogens is 2. The Bertz CT molecular complexity index is 629. The quantitative estimate of drug-likeness (QED) is 0.575. The third-order valence-corrected chi connectivity index (χ3v) is 3.90. The number of nitrogens with one attached hydrogen (secondary N) is 3. The lowest BCUT2D eigenvalue weighted by atomic mass is 10.1. The Kier molecular flexibility index (Phi) is 3.51. The van der Waals surface area contributed by atoms with Crippen LogP contribution in [0.4, 0.5) is 4.79 Å². The van der Waals surface area contributed by atoms with Gasteiger partial charge >= 0.3 is 6.03 Å². The maximum Gasteiger partial charge on any atom is 0.322 e. The molecule has 6 nitrogen and oxygen atoms in total. The molecule has 3 N–H and O–H groups in total. The van der Waals surface area contributed by atoms with Crippen molar-refractivity contribution in [2.24, 2.45) is 0 Å². The van der Waals surface area contributed by atoms with Gasteiger partial charge in [-0.05, 0) is 30.2 Å². The molecule has 1 saturated carbocycles. The monoisotopic (exact) mass is 327 g/mol. The second-order valence-electron chi connectivity index (χ2n) is 5.06. The highest BCUT2D eigenvalue weighted by molar-refractivity contribution is 6.34. The summed E-state index contributed by atoms with van der Waals surface area (Å²) in [5, 5.41) is 8.08. The Morgan fingerprint density at radius 1 is 1.19 bits per heavy atom. The number of urea groups is 1. The molecule has 3 unspecified atom stereocenters. The normalized spacial score (nSPS) is 27.0. The van der Waals surface area contributed by atoms with Crippen molar-refractivity contribution in [3.05, 3.63) is 33.8 Å². The lowest BCUT2D eigenvalue weighted by Gasteiger charge is -2.09. The number of rotatable bonds is 3. The molecular weight excluding hydrogens is 317 g/mol. The lowest BCUT2D eigenvalue weighted by Crippen LogP contribution is -2.46. The van der Waals surface area contributed by atoms with E-state index in [0.717, 1.165) is 12.0 Å². The summed E-state index contributed by atoms with van der Waals surface area (Å²) in [5.74, 6) is -1.04. The van der Waals surface area contributed by atoms with E-state index in [1.165, 1.54) is 0 Å². The largest absolute Gasteiger partial charge is 0.350 e. The molecule has 2 aliphatic rings. The topological polar surface area (TPSA) is 87.3 Å². The molecule has 0 radical (unpaired) electrons. The summed E-state index contributed by atoms with van der Waals surface area (Å²) < 4.78 is 0. The molecule has 1 aliphatic carbocycles. The van der Waals surface area contributed by atoms with E-state index in [-0.39, 0.29) is 12.0 Å². The molecule has 4 amide bonds. The molecule has 1 aromatic carbocycles. The highest BCUT2D eigenvalue weighted by Crippen LogP contribution is 2.42. The molecule has 21 heavy (non-hydrogen) atoms. The van der Waals surface area contributed by atoms with Crippen LogP contribution in [0.15, 0.2) is 18.2 Å².